The molecule has 134 valence electrons. The summed E-state index contributed by atoms with van der Waals surface area (Å²) < 4.78 is 0. The largest absolute Gasteiger partial charge is 0.395 e. The highest BCUT2D eigenvalue weighted by molar-refractivity contribution is 5.37. The zero-order chi connectivity index (χ0) is 18.0. The van der Waals surface area contributed by atoms with Gasteiger partial charge in [0, 0.05) is 13.1 Å². The molecule has 2 heteroatoms. The fourth-order valence-corrected chi connectivity index (χ4v) is 3.11. The highest BCUT2D eigenvalue weighted by Crippen LogP contribution is 2.40. The van der Waals surface area contributed by atoms with E-state index < -0.39 is 0 Å². The van der Waals surface area contributed by atoms with Crippen molar-refractivity contribution in [3.63, 3.8) is 0 Å². The lowest BCUT2D eigenvalue weighted by molar-refractivity contribution is 0.294. The number of aliphatic hydroxyl groups is 1. The van der Waals surface area contributed by atoms with E-state index in [1.807, 2.05) is 0 Å². The Morgan fingerprint density at radius 1 is 1.21 bits per heavy atom. The van der Waals surface area contributed by atoms with Crippen LogP contribution in [0, 0.1) is 5.41 Å². The molecular formula is C22H35NO. The Labute approximate surface area is 148 Å². The van der Waals surface area contributed by atoms with Gasteiger partial charge in [-0.3, -0.25) is 0 Å². The fourth-order valence-electron chi connectivity index (χ4n) is 3.11. The van der Waals surface area contributed by atoms with E-state index in [0.29, 0.717) is 12.0 Å². The Hall–Kier alpha value is -1.38. The van der Waals surface area contributed by atoms with Gasteiger partial charge in [-0.2, -0.15) is 0 Å². The summed E-state index contributed by atoms with van der Waals surface area (Å²) >= 11 is 0. The van der Waals surface area contributed by atoms with Gasteiger partial charge in [0.2, 0.25) is 0 Å². The third-order valence-corrected chi connectivity index (χ3v) is 4.63. The van der Waals surface area contributed by atoms with Crippen molar-refractivity contribution in [2.45, 2.75) is 53.9 Å². The third kappa shape index (κ3) is 7.46. The monoisotopic (exact) mass is 329 g/mol. The Balaban J connectivity index is 2.62. The van der Waals surface area contributed by atoms with E-state index >= 15 is 0 Å². The maximum absolute atomic E-state index is 8.71. The summed E-state index contributed by atoms with van der Waals surface area (Å²) in [5.74, 6) is 0. The van der Waals surface area contributed by atoms with Crippen LogP contribution in [0.5, 0.6) is 0 Å². The molecule has 0 saturated heterocycles. The predicted molar refractivity (Wildman–Crippen MR) is 106 cm³/mol. The molecule has 0 aromatic carbocycles. The standard InChI is InChI=1S/C22H35NO/c1-18(8-6-9-19(2)13-15-23-16-17-24)11-12-21-20(3)10-7-14-22(21,4)5/h6,8-9,11-13,23-24H,7,10,14-17H2,1-5H3. The zero-order valence-corrected chi connectivity index (χ0v) is 16.2. The molecule has 2 nitrogen and oxygen atoms in total. The quantitative estimate of drug-likeness (QED) is 0.479. The summed E-state index contributed by atoms with van der Waals surface area (Å²) in [4.78, 5) is 0. The predicted octanol–water partition coefficient (Wildman–Crippen LogP) is 5.10. The van der Waals surface area contributed by atoms with Crippen LogP contribution in [-0.2, 0) is 0 Å². The Morgan fingerprint density at radius 2 is 1.96 bits per heavy atom. The van der Waals surface area contributed by atoms with Gasteiger partial charge in [0.05, 0.1) is 6.61 Å². The second-order valence-electron chi connectivity index (χ2n) is 7.41. The molecule has 0 aromatic heterocycles. The van der Waals surface area contributed by atoms with Gasteiger partial charge in [-0.15, -0.1) is 0 Å². The molecule has 1 aliphatic rings. The summed E-state index contributed by atoms with van der Waals surface area (Å²) in [5.41, 5.74) is 5.84. The van der Waals surface area contributed by atoms with Crippen molar-refractivity contribution in [3.05, 3.63) is 58.7 Å². The van der Waals surface area contributed by atoms with Gasteiger partial charge in [0.15, 0.2) is 0 Å². The van der Waals surface area contributed by atoms with Crippen molar-refractivity contribution in [1.82, 2.24) is 5.32 Å². The van der Waals surface area contributed by atoms with E-state index in [4.69, 9.17) is 5.11 Å². The van der Waals surface area contributed by atoms with Gasteiger partial charge in [-0.05, 0) is 51.0 Å². The summed E-state index contributed by atoms with van der Waals surface area (Å²) in [7, 11) is 0. The molecule has 1 rings (SSSR count). The molecule has 0 aromatic rings. The van der Waals surface area contributed by atoms with E-state index in [9.17, 15) is 0 Å². The van der Waals surface area contributed by atoms with Crippen LogP contribution in [0.15, 0.2) is 58.7 Å². The van der Waals surface area contributed by atoms with Gasteiger partial charge < -0.3 is 10.4 Å². The molecule has 1 aliphatic carbocycles. The van der Waals surface area contributed by atoms with Gasteiger partial charge in [-0.1, -0.05) is 67.0 Å². The molecule has 0 bridgehead atoms. The van der Waals surface area contributed by atoms with Crippen molar-refractivity contribution in [3.8, 4) is 0 Å². The molecule has 0 radical (unpaired) electrons. The maximum Gasteiger partial charge on any atom is 0.0556 e. The Morgan fingerprint density at radius 3 is 2.62 bits per heavy atom. The number of aliphatic hydroxyl groups excluding tert-OH is 1. The van der Waals surface area contributed by atoms with Crippen LogP contribution in [0.2, 0.25) is 0 Å². The number of hydrogen-bond donors (Lipinski definition) is 2. The number of rotatable bonds is 8. The van der Waals surface area contributed by atoms with Crippen LogP contribution in [0.4, 0.5) is 0 Å². The fraction of sp³-hybridized carbons (Fsp3) is 0.545. The summed E-state index contributed by atoms with van der Waals surface area (Å²) in [6.07, 6.45) is 16.9. The molecule has 0 unspecified atom stereocenters. The highest BCUT2D eigenvalue weighted by Gasteiger charge is 2.26. The van der Waals surface area contributed by atoms with Crippen molar-refractivity contribution in [2.24, 2.45) is 5.41 Å². The second kappa shape index (κ2) is 10.5. The van der Waals surface area contributed by atoms with E-state index in [1.54, 1.807) is 5.57 Å². The van der Waals surface area contributed by atoms with Crippen molar-refractivity contribution >= 4 is 0 Å². The summed E-state index contributed by atoms with van der Waals surface area (Å²) in [6.45, 7) is 12.8. The number of allylic oxidation sites excluding steroid dienone is 9. The third-order valence-electron chi connectivity index (χ3n) is 4.63. The first-order valence-corrected chi connectivity index (χ1v) is 9.08. The number of hydrogen-bond acceptors (Lipinski definition) is 2. The van der Waals surface area contributed by atoms with E-state index in [0.717, 1.165) is 6.54 Å². The van der Waals surface area contributed by atoms with Gasteiger partial charge in [-0.25, -0.2) is 0 Å². The highest BCUT2D eigenvalue weighted by atomic mass is 16.3. The van der Waals surface area contributed by atoms with Gasteiger partial charge >= 0.3 is 0 Å². The smallest absolute Gasteiger partial charge is 0.0556 e. The lowest BCUT2D eigenvalue weighted by atomic mass is 9.72. The lowest BCUT2D eigenvalue weighted by Crippen LogP contribution is -2.19. The Kier molecular flexibility index (Phi) is 9.02. The molecule has 0 fully saturated rings. The van der Waals surface area contributed by atoms with Crippen molar-refractivity contribution in [1.29, 1.82) is 0 Å². The molecular weight excluding hydrogens is 294 g/mol. The van der Waals surface area contributed by atoms with Crippen LogP contribution in [-0.4, -0.2) is 24.8 Å². The second-order valence-corrected chi connectivity index (χ2v) is 7.41. The van der Waals surface area contributed by atoms with Crippen LogP contribution < -0.4 is 5.32 Å². The minimum atomic E-state index is 0.184. The molecule has 2 N–H and O–H groups in total. The minimum absolute atomic E-state index is 0.184. The zero-order valence-electron chi connectivity index (χ0n) is 16.2. The molecule has 24 heavy (non-hydrogen) atoms. The topological polar surface area (TPSA) is 32.3 Å². The SMILES string of the molecule is CC(C=CC1=C(C)CCCC1(C)C)=CC=CC(C)=CCNCCO. The summed E-state index contributed by atoms with van der Waals surface area (Å²) in [5, 5.41) is 11.9. The first kappa shape index (κ1) is 20.7. The molecule has 0 amide bonds. The normalized spacial score (nSPS) is 19.8. The average Bonchev–Trinajstić information content (AvgIpc) is 2.50. The molecule has 0 aliphatic heterocycles. The van der Waals surface area contributed by atoms with Gasteiger partial charge in [0.25, 0.3) is 0 Å². The minimum Gasteiger partial charge on any atom is -0.395 e. The molecule has 0 heterocycles. The van der Waals surface area contributed by atoms with Crippen molar-refractivity contribution in [2.75, 3.05) is 19.7 Å². The molecule has 0 atom stereocenters. The lowest BCUT2D eigenvalue weighted by Gasteiger charge is -2.32. The maximum atomic E-state index is 8.71. The van der Waals surface area contributed by atoms with Crippen molar-refractivity contribution < 1.29 is 5.11 Å². The van der Waals surface area contributed by atoms with Gasteiger partial charge in [0.1, 0.15) is 0 Å². The van der Waals surface area contributed by atoms with Crippen LogP contribution in [0.25, 0.3) is 0 Å². The van der Waals surface area contributed by atoms with E-state index in [2.05, 4.69) is 76.4 Å². The first-order chi connectivity index (χ1) is 11.4. The van der Waals surface area contributed by atoms with Crippen LogP contribution in [0.3, 0.4) is 0 Å². The first-order valence-electron chi connectivity index (χ1n) is 9.08. The van der Waals surface area contributed by atoms with E-state index in [-0.39, 0.29) is 6.61 Å². The summed E-state index contributed by atoms with van der Waals surface area (Å²) in [6, 6.07) is 0. The molecule has 0 spiro atoms. The number of nitrogens with one attached hydrogen (secondary N) is 1. The van der Waals surface area contributed by atoms with Crippen LogP contribution in [0.1, 0.15) is 53.9 Å². The Bertz CT molecular complexity index is 544. The van der Waals surface area contributed by atoms with E-state index in [1.165, 1.54) is 36.0 Å². The molecule has 0 saturated carbocycles. The van der Waals surface area contributed by atoms with Crippen LogP contribution >= 0.6 is 0 Å². The average molecular weight is 330 g/mol.